The van der Waals surface area contributed by atoms with Gasteiger partial charge in [-0.05, 0) is 31.9 Å². The Morgan fingerprint density at radius 2 is 2.00 bits per heavy atom. The van der Waals surface area contributed by atoms with Crippen LogP contribution in [0.1, 0.15) is 18.4 Å². The first-order valence-corrected chi connectivity index (χ1v) is 5.33. The molecular weight excluding hydrogens is 172 g/mol. The Hall–Kier alpha value is -1.02. The summed E-state index contributed by atoms with van der Waals surface area (Å²) < 4.78 is 0. The molecule has 0 amide bonds. The van der Waals surface area contributed by atoms with E-state index in [4.69, 9.17) is 5.73 Å². The Morgan fingerprint density at radius 1 is 1.29 bits per heavy atom. The van der Waals surface area contributed by atoms with E-state index in [0.29, 0.717) is 6.04 Å². The maximum absolute atomic E-state index is 5.95. The summed E-state index contributed by atoms with van der Waals surface area (Å²) in [6.45, 7) is 4.27. The van der Waals surface area contributed by atoms with E-state index in [0.717, 1.165) is 13.1 Å². The maximum Gasteiger partial charge on any atom is 0.0366 e. The highest BCUT2D eigenvalue weighted by molar-refractivity contribution is 5.48. The summed E-state index contributed by atoms with van der Waals surface area (Å²) in [5.41, 5.74) is 8.58. The van der Waals surface area contributed by atoms with Crippen LogP contribution in [0.25, 0.3) is 0 Å². The molecule has 0 spiro atoms. The van der Waals surface area contributed by atoms with Crippen molar-refractivity contribution in [3.8, 4) is 0 Å². The van der Waals surface area contributed by atoms with Gasteiger partial charge < -0.3 is 10.6 Å². The third kappa shape index (κ3) is 2.07. The fraction of sp³-hybridized carbons (Fsp3) is 0.500. The number of hydrogen-bond acceptors (Lipinski definition) is 2. The van der Waals surface area contributed by atoms with Crippen molar-refractivity contribution < 1.29 is 0 Å². The monoisotopic (exact) mass is 190 g/mol. The molecule has 2 rings (SSSR count). The van der Waals surface area contributed by atoms with Gasteiger partial charge >= 0.3 is 0 Å². The van der Waals surface area contributed by atoms with E-state index in [1.165, 1.54) is 24.1 Å². The van der Waals surface area contributed by atoms with Crippen molar-refractivity contribution in [2.45, 2.75) is 25.8 Å². The van der Waals surface area contributed by atoms with Crippen molar-refractivity contribution in [1.29, 1.82) is 0 Å². The zero-order chi connectivity index (χ0) is 9.97. The van der Waals surface area contributed by atoms with Crippen molar-refractivity contribution in [1.82, 2.24) is 0 Å². The molecule has 2 N–H and O–H groups in total. The van der Waals surface area contributed by atoms with Crippen LogP contribution in [0.15, 0.2) is 24.3 Å². The fourth-order valence-electron chi connectivity index (χ4n) is 2.00. The van der Waals surface area contributed by atoms with Gasteiger partial charge in [0.05, 0.1) is 0 Å². The van der Waals surface area contributed by atoms with Crippen molar-refractivity contribution in [2.75, 3.05) is 18.0 Å². The van der Waals surface area contributed by atoms with Gasteiger partial charge in [0.2, 0.25) is 0 Å². The van der Waals surface area contributed by atoms with Crippen LogP contribution in [-0.2, 0) is 0 Å². The van der Waals surface area contributed by atoms with E-state index < -0.39 is 0 Å². The van der Waals surface area contributed by atoms with Crippen LogP contribution in [0.3, 0.4) is 0 Å². The average molecular weight is 190 g/mol. The molecule has 1 atom stereocenters. The van der Waals surface area contributed by atoms with Gasteiger partial charge in [0.1, 0.15) is 0 Å². The van der Waals surface area contributed by atoms with Crippen molar-refractivity contribution >= 4 is 5.69 Å². The normalized spacial score (nSPS) is 22.4. The number of nitrogens with two attached hydrogens (primary N) is 1. The minimum absolute atomic E-state index is 0.352. The predicted molar refractivity (Wildman–Crippen MR) is 60.6 cm³/mol. The second-order valence-electron chi connectivity index (χ2n) is 4.18. The average Bonchev–Trinajstić information content (AvgIpc) is 2.19. The minimum Gasteiger partial charge on any atom is -0.370 e. The highest BCUT2D eigenvalue weighted by Gasteiger charge is 2.16. The van der Waals surface area contributed by atoms with Crippen molar-refractivity contribution in [2.24, 2.45) is 5.73 Å². The molecule has 76 valence electrons. The lowest BCUT2D eigenvalue weighted by Crippen LogP contribution is -2.42. The molecule has 0 bridgehead atoms. The van der Waals surface area contributed by atoms with E-state index in [1.807, 2.05) is 0 Å². The number of piperidine rings is 1. The third-order valence-corrected chi connectivity index (χ3v) is 2.86. The van der Waals surface area contributed by atoms with Gasteiger partial charge in [0.25, 0.3) is 0 Å². The van der Waals surface area contributed by atoms with Crippen LogP contribution in [-0.4, -0.2) is 19.1 Å². The second-order valence-corrected chi connectivity index (χ2v) is 4.18. The zero-order valence-corrected chi connectivity index (χ0v) is 8.74. The molecule has 0 saturated carbocycles. The van der Waals surface area contributed by atoms with Crippen LogP contribution in [0.2, 0.25) is 0 Å². The van der Waals surface area contributed by atoms with Crippen molar-refractivity contribution in [3.05, 3.63) is 29.8 Å². The molecule has 0 aromatic heterocycles. The molecule has 1 saturated heterocycles. The number of hydrogen-bond donors (Lipinski definition) is 1. The van der Waals surface area contributed by atoms with Crippen LogP contribution >= 0.6 is 0 Å². The Balaban J connectivity index is 2.10. The van der Waals surface area contributed by atoms with Crippen molar-refractivity contribution in [3.63, 3.8) is 0 Å². The molecule has 0 radical (unpaired) electrons. The summed E-state index contributed by atoms with van der Waals surface area (Å²) >= 11 is 0. The molecule has 1 fully saturated rings. The molecule has 2 heteroatoms. The molecule has 14 heavy (non-hydrogen) atoms. The van der Waals surface area contributed by atoms with Crippen LogP contribution in [0.4, 0.5) is 5.69 Å². The first-order valence-electron chi connectivity index (χ1n) is 5.33. The van der Waals surface area contributed by atoms with Crippen LogP contribution in [0, 0.1) is 6.92 Å². The topological polar surface area (TPSA) is 29.3 Å². The number of benzene rings is 1. The largest absolute Gasteiger partial charge is 0.370 e. The van der Waals surface area contributed by atoms with Crippen LogP contribution < -0.4 is 10.6 Å². The third-order valence-electron chi connectivity index (χ3n) is 2.86. The molecule has 2 nitrogen and oxygen atoms in total. The molecule has 1 aliphatic heterocycles. The van der Waals surface area contributed by atoms with Gasteiger partial charge in [-0.1, -0.05) is 17.7 Å². The second kappa shape index (κ2) is 4.01. The molecule has 1 unspecified atom stereocenters. The highest BCUT2D eigenvalue weighted by atomic mass is 15.1. The molecule has 1 aromatic rings. The van der Waals surface area contributed by atoms with E-state index in [2.05, 4.69) is 36.1 Å². The number of rotatable bonds is 1. The lowest BCUT2D eigenvalue weighted by Gasteiger charge is -2.32. The van der Waals surface area contributed by atoms with E-state index in [-0.39, 0.29) is 0 Å². The van der Waals surface area contributed by atoms with Gasteiger partial charge in [-0.2, -0.15) is 0 Å². The Kier molecular flexibility index (Phi) is 2.73. The van der Waals surface area contributed by atoms with Crippen LogP contribution in [0.5, 0.6) is 0 Å². The van der Waals surface area contributed by atoms with E-state index in [9.17, 15) is 0 Å². The predicted octanol–water partition coefficient (Wildman–Crippen LogP) is 1.92. The summed E-state index contributed by atoms with van der Waals surface area (Å²) in [5, 5.41) is 0. The highest BCUT2D eigenvalue weighted by Crippen LogP contribution is 2.19. The standard InChI is InChI=1S/C12H18N2/c1-10-4-6-12(7-5-10)14-8-2-3-11(13)9-14/h4-7,11H,2-3,8-9,13H2,1H3. The summed E-state index contributed by atoms with van der Waals surface area (Å²) in [7, 11) is 0. The summed E-state index contributed by atoms with van der Waals surface area (Å²) in [5.74, 6) is 0. The van der Waals surface area contributed by atoms with Gasteiger partial charge in [-0.25, -0.2) is 0 Å². The first kappa shape index (κ1) is 9.53. The first-order chi connectivity index (χ1) is 6.75. The minimum atomic E-state index is 0.352. The number of nitrogens with zero attached hydrogens (tertiary/aromatic N) is 1. The Morgan fingerprint density at radius 3 is 2.64 bits per heavy atom. The van der Waals surface area contributed by atoms with Gasteiger partial charge in [0.15, 0.2) is 0 Å². The lowest BCUT2D eigenvalue weighted by atomic mass is 10.1. The van der Waals surface area contributed by atoms with Gasteiger partial charge in [-0.3, -0.25) is 0 Å². The Labute approximate surface area is 85.7 Å². The number of anilines is 1. The number of aryl methyl sites for hydroxylation is 1. The Bertz CT molecular complexity index is 292. The maximum atomic E-state index is 5.95. The van der Waals surface area contributed by atoms with Gasteiger partial charge in [0, 0.05) is 24.8 Å². The molecule has 1 aliphatic rings. The van der Waals surface area contributed by atoms with E-state index in [1.54, 1.807) is 0 Å². The SMILES string of the molecule is Cc1ccc(N2CCCC(N)C2)cc1. The molecule has 1 aromatic carbocycles. The summed E-state index contributed by atoms with van der Waals surface area (Å²) in [6, 6.07) is 9.05. The molecular formula is C12H18N2. The lowest BCUT2D eigenvalue weighted by molar-refractivity contribution is 0.506. The fourth-order valence-corrected chi connectivity index (χ4v) is 2.00. The molecule has 0 aliphatic carbocycles. The van der Waals surface area contributed by atoms with E-state index >= 15 is 0 Å². The summed E-state index contributed by atoms with van der Waals surface area (Å²) in [4.78, 5) is 2.38. The smallest absolute Gasteiger partial charge is 0.0366 e. The zero-order valence-electron chi connectivity index (χ0n) is 8.74. The summed E-state index contributed by atoms with van der Waals surface area (Å²) in [6.07, 6.45) is 2.39. The molecule has 1 heterocycles. The quantitative estimate of drug-likeness (QED) is 0.733. The van der Waals surface area contributed by atoms with Gasteiger partial charge in [-0.15, -0.1) is 0 Å².